The lowest BCUT2D eigenvalue weighted by atomic mass is 9.93. The molecule has 0 radical (unpaired) electrons. The Labute approximate surface area is 204 Å². The van der Waals surface area contributed by atoms with Gasteiger partial charge in [0.15, 0.2) is 5.58 Å². The van der Waals surface area contributed by atoms with E-state index < -0.39 is 0 Å². The van der Waals surface area contributed by atoms with Crippen LogP contribution in [0.15, 0.2) is 83.3 Å². The average molecular weight is 464 g/mol. The maximum atomic E-state index is 6.92. The summed E-state index contributed by atoms with van der Waals surface area (Å²) in [6.07, 6.45) is 12.2. The maximum Gasteiger partial charge on any atom is 0.160 e. The second-order valence-electron chi connectivity index (χ2n) is 9.19. The summed E-state index contributed by atoms with van der Waals surface area (Å²) in [7, 11) is 0. The van der Waals surface area contributed by atoms with Crippen LogP contribution in [0.4, 0.5) is 0 Å². The smallest absolute Gasteiger partial charge is 0.160 e. The number of aromatic nitrogens is 1. The standard InChI is InChI=1S/C31H26ClNO/c1-4-8-27-20(3)29-26(32)18-25-24-11-5-6-12-28(24)34-31(25)30(29)33(27)23-15-13-21(14-16-23)22-10-7-9-19(2)17-22/h4-8,10-19H,9H2,1-3H3/b8-4-. The molecule has 0 amide bonds. The molecule has 1 aliphatic carbocycles. The third-order valence-electron chi connectivity index (χ3n) is 6.87. The normalized spacial score (nSPS) is 16.4. The predicted octanol–water partition coefficient (Wildman–Crippen LogP) is 9.50. The molecule has 0 aliphatic heterocycles. The van der Waals surface area contributed by atoms with Crippen molar-refractivity contribution in [2.45, 2.75) is 27.2 Å². The van der Waals surface area contributed by atoms with E-state index in [1.54, 1.807) is 0 Å². The van der Waals surface area contributed by atoms with E-state index in [-0.39, 0.29) is 0 Å². The predicted molar refractivity (Wildman–Crippen MR) is 146 cm³/mol. The van der Waals surface area contributed by atoms with E-state index in [1.165, 1.54) is 11.1 Å². The fraction of sp³-hybridized carbons (Fsp3) is 0.161. The maximum absolute atomic E-state index is 6.92. The molecule has 34 heavy (non-hydrogen) atoms. The van der Waals surface area contributed by atoms with Gasteiger partial charge in [0, 0.05) is 27.5 Å². The zero-order chi connectivity index (χ0) is 23.4. The van der Waals surface area contributed by atoms with Gasteiger partial charge < -0.3 is 8.98 Å². The zero-order valence-electron chi connectivity index (χ0n) is 19.6. The Morgan fingerprint density at radius 3 is 2.62 bits per heavy atom. The average Bonchev–Trinajstić information content (AvgIpc) is 3.35. The van der Waals surface area contributed by atoms with Gasteiger partial charge in [0.25, 0.3) is 0 Å². The van der Waals surface area contributed by atoms with E-state index in [0.717, 1.165) is 61.2 Å². The first-order valence-electron chi connectivity index (χ1n) is 11.8. The summed E-state index contributed by atoms with van der Waals surface area (Å²) in [5.74, 6) is 0.570. The van der Waals surface area contributed by atoms with Crippen LogP contribution in [-0.2, 0) is 0 Å². The Morgan fingerprint density at radius 1 is 1.06 bits per heavy atom. The van der Waals surface area contributed by atoms with Crippen LogP contribution in [0.1, 0.15) is 37.1 Å². The number of halogens is 1. The number of furan rings is 1. The Bertz CT molecular complexity index is 1660. The summed E-state index contributed by atoms with van der Waals surface area (Å²) in [4.78, 5) is 0. The van der Waals surface area contributed by atoms with Crippen LogP contribution in [-0.4, -0.2) is 4.57 Å². The van der Waals surface area contributed by atoms with E-state index in [9.17, 15) is 0 Å². The van der Waals surface area contributed by atoms with Crippen molar-refractivity contribution >= 4 is 56.1 Å². The molecule has 3 heteroatoms. The first-order valence-corrected chi connectivity index (χ1v) is 12.2. The monoisotopic (exact) mass is 463 g/mol. The first kappa shape index (κ1) is 21.1. The summed E-state index contributed by atoms with van der Waals surface area (Å²) >= 11 is 6.92. The molecule has 5 aromatic rings. The van der Waals surface area contributed by atoms with Gasteiger partial charge in [-0.3, -0.25) is 0 Å². The summed E-state index contributed by atoms with van der Waals surface area (Å²) in [5, 5.41) is 3.91. The van der Waals surface area contributed by atoms with Gasteiger partial charge >= 0.3 is 0 Å². The lowest BCUT2D eigenvalue weighted by Crippen LogP contribution is -1.99. The number of hydrogen-bond acceptors (Lipinski definition) is 1. The van der Waals surface area contributed by atoms with Gasteiger partial charge in [0.1, 0.15) is 5.58 Å². The van der Waals surface area contributed by atoms with Gasteiger partial charge in [-0.1, -0.05) is 73.2 Å². The molecule has 1 unspecified atom stereocenters. The number of aryl methyl sites for hydroxylation is 1. The minimum absolute atomic E-state index is 0.570. The van der Waals surface area contributed by atoms with E-state index in [4.69, 9.17) is 16.0 Å². The van der Waals surface area contributed by atoms with Crippen LogP contribution in [0, 0.1) is 12.8 Å². The molecule has 1 atom stereocenters. The van der Waals surface area contributed by atoms with Crippen LogP contribution >= 0.6 is 11.6 Å². The number of hydrogen-bond donors (Lipinski definition) is 0. The highest BCUT2D eigenvalue weighted by Crippen LogP contribution is 2.43. The number of fused-ring (bicyclic) bond motifs is 5. The fourth-order valence-electron chi connectivity index (χ4n) is 5.26. The van der Waals surface area contributed by atoms with Crippen molar-refractivity contribution in [3.05, 3.63) is 101 Å². The quantitative estimate of drug-likeness (QED) is 0.260. The lowest BCUT2D eigenvalue weighted by Gasteiger charge is -2.14. The number of nitrogens with zero attached hydrogens (tertiary/aromatic N) is 1. The summed E-state index contributed by atoms with van der Waals surface area (Å²) < 4.78 is 8.73. The lowest BCUT2D eigenvalue weighted by molar-refractivity contribution is 0.671. The summed E-state index contributed by atoms with van der Waals surface area (Å²) in [6, 6.07) is 19.0. The molecule has 0 spiro atoms. The van der Waals surface area contributed by atoms with Crippen LogP contribution in [0.2, 0.25) is 5.02 Å². The number of rotatable bonds is 3. The SMILES string of the molecule is C/C=C\c1c(C)c2c(Cl)cc3c4ccccc4oc3c2n1-c1ccc(C2=CC(C)CC=C2)cc1. The van der Waals surface area contributed by atoms with Crippen molar-refractivity contribution in [3.8, 4) is 5.69 Å². The van der Waals surface area contributed by atoms with Gasteiger partial charge in [0.05, 0.1) is 10.5 Å². The molecule has 0 bridgehead atoms. The largest absolute Gasteiger partial charge is 0.454 e. The van der Waals surface area contributed by atoms with Crippen molar-refractivity contribution in [3.63, 3.8) is 0 Å². The second kappa shape index (κ2) is 8.07. The second-order valence-corrected chi connectivity index (χ2v) is 9.59. The van der Waals surface area contributed by atoms with Crippen molar-refractivity contribution in [1.82, 2.24) is 4.57 Å². The van der Waals surface area contributed by atoms with Gasteiger partial charge in [-0.25, -0.2) is 0 Å². The highest BCUT2D eigenvalue weighted by Gasteiger charge is 2.22. The Balaban J connectivity index is 1.65. The molecule has 3 aromatic carbocycles. The Hall–Kier alpha value is -3.49. The molecule has 0 saturated heterocycles. The molecule has 2 aromatic heterocycles. The summed E-state index contributed by atoms with van der Waals surface area (Å²) in [6.45, 7) is 6.45. The number of benzene rings is 3. The third kappa shape index (κ3) is 3.17. The topological polar surface area (TPSA) is 18.1 Å². The van der Waals surface area contributed by atoms with Crippen LogP contribution in [0.5, 0.6) is 0 Å². The summed E-state index contributed by atoms with van der Waals surface area (Å²) in [5.41, 5.74) is 8.64. The van der Waals surface area contributed by atoms with E-state index in [0.29, 0.717) is 5.92 Å². The first-order chi connectivity index (χ1) is 16.6. The molecule has 6 rings (SSSR count). The van der Waals surface area contributed by atoms with Crippen molar-refractivity contribution < 1.29 is 4.42 Å². The van der Waals surface area contributed by atoms with Gasteiger partial charge in [-0.2, -0.15) is 0 Å². The molecule has 0 fully saturated rings. The van der Waals surface area contributed by atoms with Gasteiger partial charge in [-0.15, -0.1) is 0 Å². The molecule has 2 heterocycles. The van der Waals surface area contributed by atoms with Crippen molar-refractivity contribution in [2.24, 2.45) is 5.92 Å². The van der Waals surface area contributed by atoms with Crippen LogP contribution in [0.25, 0.3) is 50.2 Å². The molecule has 0 N–H and O–H groups in total. The van der Waals surface area contributed by atoms with E-state index in [2.05, 4.69) is 79.1 Å². The van der Waals surface area contributed by atoms with Crippen LogP contribution in [0.3, 0.4) is 0 Å². The van der Waals surface area contributed by atoms with Crippen molar-refractivity contribution in [1.29, 1.82) is 0 Å². The molecule has 2 nitrogen and oxygen atoms in total. The minimum Gasteiger partial charge on any atom is -0.454 e. The number of para-hydroxylation sites is 1. The zero-order valence-corrected chi connectivity index (χ0v) is 20.4. The third-order valence-corrected chi connectivity index (χ3v) is 7.17. The van der Waals surface area contributed by atoms with Crippen LogP contribution < -0.4 is 0 Å². The fourth-order valence-corrected chi connectivity index (χ4v) is 5.60. The van der Waals surface area contributed by atoms with Crippen molar-refractivity contribution in [2.75, 3.05) is 0 Å². The Kier molecular flexibility index (Phi) is 5.00. The van der Waals surface area contributed by atoms with E-state index >= 15 is 0 Å². The van der Waals surface area contributed by atoms with Gasteiger partial charge in [0.2, 0.25) is 0 Å². The highest BCUT2D eigenvalue weighted by atomic mass is 35.5. The molecular formula is C31H26ClNO. The number of allylic oxidation sites excluding steroid dienone is 5. The minimum atomic E-state index is 0.570. The van der Waals surface area contributed by atoms with E-state index in [1.807, 2.05) is 31.2 Å². The molecular weight excluding hydrogens is 438 g/mol. The van der Waals surface area contributed by atoms with Gasteiger partial charge in [-0.05, 0) is 73.2 Å². The molecule has 1 aliphatic rings. The highest BCUT2D eigenvalue weighted by molar-refractivity contribution is 6.38. The molecule has 0 saturated carbocycles. The Morgan fingerprint density at radius 2 is 1.85 bits per heavy atom. The molecule has 168 valence electrons.